The van der Waals surface area contributed by atoms with Gasteiger partial charge in [-0.2, -0.15) is 0 Å². The Balaban J connectivity index is 1.88. The molecule has 3 heteroatoms. The molecule has 0 atom stereocenters. The van der Waals surface area contributed by atoms with E-state index >= 15 is 0 Å². The zero-order chi connectivity index (χ0) is 17.2. The maximum atomic E-state index is 11.7. The number of nitrogens with zero attached hydrogens (tertiary/aromatic N) is 1. The number of carbonyl (C=O) groups is 1. The fraction of sp³-hybridized carbons (Fsp3) is 0.0455. The van der Waals surface area contributed by atoms with Gasteiger partial charge in [-0.15, -0.1) is 11.3 Å². The molecule has 0 aliphatic carbocycles. The highest BCUT2D eigenvalue weighted by molar-refractivity contribution is 7.18. The van der Waals surface area contributed by atoms with Crippen molar-refractivity contribution < 1.29 is 4.79 Å². The molecular formula is C22H17NOS. The fourth-order valence-electron chi connectivity index (χ4n) is 2.93. The number of benzene rings is 3. The monoisotopic (exact) mass is 343 g/mol. The Morgan fingerprint density at radius 3 is 2.20 bits per heavy atom. The minimum atomic E-state index is 0.0998. The van der Waals surface area contributed by atoms with E-state index in [0.717, 1.165) is 21.3 Å². The molecule has 1 heterocycles. The van der Waals surface area contributed by atoms with Crippen LogP contribution in [0.1, 0.15) is 16.6 Å². The number of hydrogen-bond acceptors (Lipinski definition) is 3. The van der Waals surface area contributed by atoms with Gasteiger partial charge >= 0.3 is 0 Å². The summed E-state index contributed by atoms with van der Waals surface area (Å²) in [5.74, 6) is 0.0998. The molecule has 0 aliphatic heterocycles. The molecule has 0 bridgehead atoms. The summed E-state index contributed by atoms with van der Waals surface area (Å²) in [5.41, 5.74) is 2.16. The topological polar surface area (TPSA) is 20.3 Å². The van der Waals surface area contributed by atoms with Crippen LogP contribution in [0, 0.1) is 0 Å². The van der Waals surface area contributed by atoms with Crippen molar-refractivity contribution in [2.24, 2.45) is 0 Å². The van der Waals surface area contributed by atoms with Crippen molar-refractivity contribution in [2.45, 2.75) is 6.92 Å². The molecule has 4 rings (SSSR count). The van der Waals surface area contributed by atoms with Gasteiger partial charge < -0.3 is 4.90 Å². The SMILES string of the molecule is CC(=O)c1ccc(N(c2ccccc2)c2ccc3ccccc3c2)s1. The number of fused-ring (bicyclic) bond motifs is 1. The van der Waals surface area contributed by atoms with Crippen LogP contribution in [-0.4, -0.2) is 5.78 Å². The van der Waals surface area contributed by atoms with Crippen molar-refractivity contribution in [1.29, 1.82) is 0 Å². The highest BCUT2D eigenvalue weighted by atomic mass is 32.1. The standard InChI is InChI=1S/C22H17NOS/c1-16(24)21-13-14-22(25-21)23(19-9-3-2-4-10-19)20-12-11-17-7-5-6-8-18(17)15-20/h2-15H,1H3. The lowest BCUT2D eigenvalue weighted by molar-refractivity contribution is 0.102. The van der Waals surface area contributed by atoms with Crippen LogP contribution in [0.25, 0.3) is 10.8 Å². The minimum Gasteiger partial charge on any atom is -0.302 e. The fourth-order valence-corrected chi connectivity index (χ4v) is 3.88. The number of anilines is 3. The molecule has 0 unspecified atom stereocenters. The van der Waals surface area contributed by atoms with E-state index in [0.29, 0.717) is 0 Å². The van der Waals surface area contributed by atoms with E-state index < -0.39 is 0 Å². The van der Waals surface area contributed by atoms with Gasteiger partial charge in [-0.1, -0.05) is 48.5 Å². The number of thiophene rings is 1. The molecule has 0 fully saturated rings. The normalized spacial score (nSPS) is 10.8. The molecule has 1 aromatic heterocycles. The average Bonchev–Trinajstić information content (AvgIpc) is 3.13. The summed E-state index contributed by atoms with van der Waals surface area (Å²) in [7, 11) is 0. The Hall–Kier alpha value is -2.91. The van der Waals surface area contributed by atoms with E-state index in [4.69, 9.17) is 0 Å². The quantitative estimate of drug-likeness (QED) is 0.390. The molecule has 2 nitrogen and oxygen atoms in total. The van der Waals surface area contributed by atoms with E-state index in [1.165, 1.54) is 22.1 Å². The second-order valence-electron chi connectivity index (χ2n) is 5.90. The van der Waals surface area contributed by atoms with Gasteiger partial charge in [0.2, 0.25) is 0 Å². The number of rotatable bonds is 4. The van der Waals surface area contributed by atoms with Gasteiger partial charge in [0.05, 0.1) is 4.88 Å². The molecule has 0 N–H and O–H groups in total. The molecular weight excluding hydrogens is 326 g/mol. The molecule has 4 aromatic rings. The van der Waals surface area contributed by atoms with Crippen LogP contribution in [0.15, 0.2) is 84.9 Å². The zero-order valence-corrected chi connectivity index (χ0v) is 14.7. The number of ketones is 1. The Kier molecular flexibility index (Phi) is 4.08. The molecule has 0 saturated heterocycles. The minimum absolute atomic E-state index is 0.0998. The smallest absolute Gasteiger partial charge is 0.169 e. The highest BCUT2D eigenvalue weighted by Gasteiger charge is 2.16. The van der Waals surface area contributed by atoms with Gasteiger partial charge in [0.1, 0.15) is 5.00 Å². The van der Waals surface area contributed by atoms with Gasteiger partial charge in [-0.05, 0) is 54.1 Å². The summed E-state index contributed by atoms with van der Waals surface area (Å²) in [6.07, 6.45) is 0. The lowest BCUT2D eigenvalue weighted by atomic mass is 10.1. The van der Waals surface area contributed by atoms with Crippen LogP contribution in [0.4, 0.5) is 16.4 Å². The Labute approximate surface area is 151 Å². The number of para-hydroxylation sites is 1. The number of Topliss-reactive ketones (excluding diaryl/α,β-unsaturated/α-hetero) is 1. The predicted molar refractivity (Wildman–Crippen MR) is 107 cm³/mol. The maximum Gasteiger partial charge on any atom is 0.169 e. The third-order valence-electron chi connectivity index (χ3n) is 4.16. The molecule has 0 amide bonds. The van der Waals surface area contributed by atoms with E-state index in [1.807, 2.05) is 30.3 Å². The van der Waals surface area contributed by atoms with Gasteiger partial charge in [0.25, 0.3) is 0 Å². The second kappa shape index (κ2) is 6.54. The van der Waals surface area contributed by atoms with Gasteiger partial charge in [-0.3, -0.25) is 4.79 Å². The number of hydrogen-bond donors (Lipinski definition) is 0. The Morgan fingerprint density at radius 2 is 1.48 bits per heavy atom. The highest BCUT2D eigenvalue weighted by Crippen LogP contribution is 2.39. The van der Waals surface area contributed by atoms with Crippen LogP contribution in [0.3, 0.4) is 0 Å². The first-order chi connectivity index (χ1) is 12.2. The molecule has 0 spiro atoms. The first-order valence-corrected chi connectivity index (χ1v) is 8.99. The molecule has 122 valence electrons. The van der Waals surface area contributed by atoms with Gasteiger partial charge in [0.15, 0.2) is 5.78 Å². The van der Waals surface area contributed by atoms with Crippen LogP contribution < -0.4 is 4.90 Å². The van der Waals surface area contributed by atoms with Crippen molar-refractivity contribution in [2.75, 3.05) is 4.90 Å². The van der Waals surface area contributed by atoms with Crippen molar-refractivity contribution in [3.05, 3.63) is 89.8 Å². The van der Waals surface area contributed by atoms with E-state index in [2.05, 4.69) is 59.5 Å². The molecule has 0 aliphatic rings. The third-order valence-corrected chi connectivity index (χ3v) is 5.34. The van der Waals surface area contributed by atoms with Gasteiger partial charge in [0, 0.05) is 11.4 Å². The summed E-state index contributed by atoms with van der Waals surface area (Å²) in [6.45, 7) is 1.61. The Bertz CT molecular complexity index is 1040. The number of carbonyl (C=O) groups excluding carboxylic acids is 1. The first kappa shape index (κ1) is 15.6. The third kappa shape index (κ3) is 3.06. The maximum absolute atomic E-state index is 11.7. The lowest BCUT2D eigenvalue weighted by Gasteiger charge is -2.24. The second-order valence-corrected chi connectivity index (χ2v) is 6.96. The van der Waals surface area contributed by atoms with Crippen LogP contribution in [0.2, 0.25) is 0 Å². The average molecular weight is 343 g/mol. The van der Waals surface area contributed by atoms with Crippen LogP contribution in [-0.2, 0) is 0 Å². The zero-order valence-electron chi connectivity index (χ0n) is 13.8. The predicted octanol–water partition coefficient (Wildman–Crippen LogP) is 6.57. The van der Waals surface area contributed by atoms with Crippen molar-refractivity contribution in [1.82, 2.24) is 0 Å². The first-order valence-electron chi connectivity index (χ1n) is 8.17. The molecule has 0 saturated carbocycles. The van der Waals surface area contributed by atoms with E-state index in [1.54, 1.807) is 6.92 Å². The lowest BCUT2D eigenvalue weighted by Crippen LogP contribution is -2.08. The molecule has 3 aromatic carbocycles. The van der Waals surface area contributed by atoms with Crippen molar-refractivity contribution in [3.8, 4) is 0 Å². The summed E-state index contributed by atoms with van der Waals surface area (Å²) in [4.78, 5) is 14.7. The van der Waals surface area contributed by atoms with E-state index in [-0.39, 0.29) is 5.78 Å². The van der Waals surface area contributed by atoms with E-state index in [9.17, 15) is 4.79 Å². The summed E-state index contributed by atoms with van der Waals surface area (Å²) >= 11 is 1.52. The van der Waals surface area contributed by atoms with Crippen molar-refractivity contribution >= 4 is 44.3 Å². The van der Waals surface area contributed by atoms with Crippen LogP contribution in [0.5, 0.6) is 0 Å². The summed E-state index contributed by atoms with van der Waals surface area (Å²) in [6, 6.07) is 29.0. The molecule has 0 radical (unpaired) electrons. The Morgan fingerprint density at radius 1 is 0.760 bits per heavy atom. The molecule has 25 heavy (non-hydrogen) atoms. The van der Waals surface area contributed by atoms with Crippen molar-refractivity contribution in [3.63, 3.8) is 0 Å². The summed E-state index contributed by atoms with van der Waals surface area (Å²) < 4.78 is 0. The van der Waals surface area contributed by atoms with Crippen LogP contribution >= 0.6 is 11.3 Å². The largest absolute Gasteiger partial charge is 0.302 e. The van der Waals surface area contributed by atoms with Gasteiger partial charge in [-0.25, -0.2) is 0 Å². The summed E-state index contributed by atoms with van der Waals surface area (Å²) in [5, 5.41) is 3.45.